The number of carbonyl (C=O) groups is 1. The Balaban J connectivity index is 1.32. The number of amides is 1. The number of fused-ring (bicyclic) bond motifs is 1. The van der Waals surface area contributed by atoms with Crippen LogP contribution in [0.25, 0.3) is 0 Å². The van der Waals surface area contributed by atoms with Crippen molar-refractivity contribution in [3.8, 4) is 0 Å². The third-order valence-corrected chi connectivity index (χ3v) is 7.51. The van der Waals surface area contributed by atoms with Gasteiger partial charge in [0.15, 0.2) is 0 Å². The maximum absolute atomic E-state index is 12.8. The smallest absolute Gasteiger partial charge is 0.286 e. The lowest BCUT2D eigenvalue weighted by Gasteiger charge is -2.37. The van der Waals surface area contributed by atoms with Gasteiger partial charge in [-0.05, 0) is 42.7 Å². The van der Waals surface area contributed by atoms with E-state index in [9.17, 15) is 13.2 Å². The Labute approximate surface area is 194 Å². The molecule has 2 heterocycles. The summed E-state index contributed by atoms with van der Waals surface area (Å²) in [6.07, 6.45) is 0.728. The molecule has 0 saturated carbocycles. The molecule has 0 aliphatic carbocycles. The van der Waals surface area contributed by atoms with E-state index in [4.69, 9.17) is 11.6 Å². The molecule has 1 saturated heterocycles. The highest BCUT2D eigenvalue weighted by Gasteiger charge is 2.27. The first-order chi connectivity index (χ1) is 15.2. The fraction of sp³-hybridized carbons (Fsp3) is 0.391. The summed E-state index contributed by atoms with van der Waals surface area (Å²) in [7, 11) is -3.71. The predicted octanol–water partition coefficient (Wildman–Crippen LogP) is 3.93. The molecule has 1 N–H and O–H groups in total. The quantitative estimate of drug-likeness (QED) is 0.710. The first-order valence-electron chi connectivity index (χ1n) is 10.7. The summed E-state index contributed by atoms with van der Waals surface area (Å²) in [5, 5.41) is 3.82. The molecule has 9 heteroatoms. The van der Waals surface area contributed by atoms with E-state index in [-0.39, 0.29) is 16.7 Å². The lowest BCUT2D eigenvalue weighted by Crippen LogP contribution is -2.49. The second-order valence-corrected chi connectivity index (χ2v) is 10.5. The number of carbonyl (C=O) groups excluding carboxylic acids is 1. The molecule has 170 valence electrons. The van der Waals surface area contributed by atoms with Crippen LogP contribution in [0.4, 0.5) is 11.4 Å². The number of amidine groups is 1. The molecule has 1 atom stereocenters. The van der Waals surface area contributed by atoms with Gasteiger partial charge in [0.25, 0.3) is 10.0 Å². The highest BCUT2D eigenvalue weighted by atomic mass is 35.5. The van der Waals surface area contributed by atoms with Gasteiger partial charge in [-0.2, -0.15) is 8.42 Å². The van der Waals surface area contributed by atoms with Gasteiger partial charge in [-0.15, -0.1) is 4.40 Å². The van der Waals surface area contributed by atoms with Gasteiger partial charge >= 0.3 is 0 Å². The summed E-state index contributed by atoms with van der Waals surface area (Å²) in [6.45, 7) is 6.71. The molecule has 0 aromatic heterocycles. The molecule has 0 radical (unpaired) electrons. The zero-order chi connectivity index (χ0) is 22.9. The maximum atomic E-state index is 12.8. The molecule has 7 nitrogen and oxygen atoms in total. The van der Waals surface area contributed by atoms with E-state index in [1.54, 1.807) is 18.2 Å². The highest BCUT2D eigenvalue weighted by Crippen LogP contribution is 2.29. The standard InChI is InChI=1S/C23H27ClN4O3S/c1-16-7-8-18(24)20(13-16)27-9-11-28(12-10-27)23(29)15-17(2)14-22-25-19-5-3-4-6-21(19)32(30,31)26-22/h3-8,13,17H,9-12,14-15H2,1-2H3,(H,25,26). The fourth-order valence-electron chi connectivity index (χ4n) is 4.15. The van der Waals surface area contributed by atoms with Gasteiger partial charge in [0, 0.05) is 39.0 Å². The van der Waals surface area contributed by atoms with Crippen molar-refractivity contribution in [3.63, 3.8) is 0 Å². The van der Waals surface area contributed by atoms with E-state index in [2.05, 4.69) is 20.7 Å². The van der Waals surface area contributed by atoms with Crippen molar-refractivity contribution in [1.29, 1.82) is 0 Å². The van der Waals surface area contributed by atoms with Crippen molar-refractivity contribution in [3.05, 3.63) is 53.1 Å². The number of anilines is 2. The molecule has 1 unspecified atom stereocenters. The topological polar surface area (TPSA) is 82.1 Å². The lowest BCUT2D eigenvalue weighted by molar-refractivity contribution is -0.132. The van der Waals surface area contributed by atoms with Crippen LogP contribution in [0.1, 0.15) is 25.3 Å². The van der Waals surface area contributed by atoms with Crippen molar-refractivity contribution in [2.75, 3.05) is 36.4 Å². The second-order valence-electron chi connectivity index (χ2n) is 8.47. The number of halogens is 1. The van der Waals surface area contributed by atoms with Gasteiger partial charge < -0.3 is 15.1 Å². The van der Waals surface area contributed by atoms with Crippen molar-refractivity contribution in [2.24, 2.45) is 10.3 Å². The Hall–Kier alpha value is -2.58. The van der Waals surface area contributed by atoms with Crippen molar-refractivity contribution in [2.45, 2.75) is 31.6 Å². The normalized spacial score (nSPS) is 18.4. The molecule has 2 aliphatic rings. The van der Waals surface area contributed by atoms with E-state index in [1.165, 1.54) is 6.07 Å². The molecule has 1 fully saturated rings. The largest absolute Gasteiger partial charge is 0.367 e. The molecular weight excluding hydrogens is 448 g/mol. The van der Waals surface area contributed by atoms with Crippen molar-refractivity contribution < 1.29 is 13.2 Å². The Morgan fingerprint density at radius 2 is 1.88 bits per heavy atom. The molecule has 4 rings (SSSR count). The van der Waals surface area contributed by atoms with Gasteiger partial charge in [0.2, 0.25) is 5.91 Å². The summed E-state index contributed by atoms with van der Waals surface area (Å²) < 4.78 is 28.7. The van der Waals surface area contributed by atoms with Gasteiger partial charge in [-0.3, -0.25) is 4.79 Å². The van der Waals surface area contributed by atoms with Gasteiger partial charge in [-0.1, -0.05) is 36.7 Å². The third-order valence-electron chi connectivity index (χ3n) is 5.81. The minimum Gasteiger partial charge on any atom is -0.367 e. The Kier molecular flexibility index (Phi) is 6.44. The summed E-state index contributed by atoms with van der Waals surface area (Å²) in [5.41, 5.74) is 2.69. The van der Waals surface area contributed by atoms with Crippen molar-refractivity contribution in [1.82, 2.24) is 4.90 Å². The van der Waals surface area contributed by atoms with Gasteiger partial charge in [0.05, 0.1) is 16.4 Å². The average molecular weight is 475 g/mol. The Morgan fingerprint density at radius 3 is 2.62 bits per heavy atom. The maximum Gasteiger partial charge on any atom is 0.286 e. The van der Waals surface area contributed by atoms with Crippen molar-refractivity contribution >= 4 is 44.7 Å². The lowest BCUT2D eigenvalue weighted by atomic mass is 10.0. The number of piperazine rings is 1. The van der Waals surface area contributed by atoms with Crippen LogP contribution in [0.2, 0.25) is 5.02 Å². The molecule has 32 heavy (non-hydrogen) atoms. The summed E-state index contributed by atoms with van der Waals surface area (Å²) in [5.74, 6) is 0.411. The zero-order valence-electron chi connectivity index (χ0n) is 18.2. The number of para-hydroxylation sites is 1. The summed E-state index contributed by atoms with van der Waals surface area (Å²) in [4.78, 5) is 17.1. The number of rotatable bonds is 5. The Morgan fingerprint density at radius 1 is 1.16 bits per heavy atom. The monoisotopic (exact) mass is 474 g/mol. The van der Waals surface area contributed by atoms with Crippen LogP contribution >= 0.6 is 11.6 Å². The number of nitrogens with zero attached hydrogens (tertiary/aromatic N) is 3. The number of nitrogens with one attached hydrogen (secondary N) is 1. The molecule has 0 spiro atoms. The van der Waals surface area contributed by atoms with Crippen LogP contribution in [0.5, 0.6) is 0 Å². The number of benzene rings is 2. The Bertz CT molecular complexity index is 1160. The van der Waals surface area contributed by atoms with Crippen LogP contribution in [-0.2, 0) is 14.8 Å². The van der Waals surface area contributed by atoms with Crippen LogP contribution in [-0.4, -0.2) is 51.2 Å². The van der Waals surface area contributed by atoms with E-state index in [0.29, 0.717) is 37.5 Å². The number of aryl methyl sites for hydroxylation is 1. The highest BCUT2D eigenvalue weighted by molar-refractivity contribution is 7.90. The van der Waals surface area contributed by atoms with Gasteiger partial charge in [-0.25, -0.2) is 0 Å². The molecule has 2 aromatic rings. The van der Waals surface area contributed by atoms with E-state index in [0.717, 1.165) is 29.4 Å². The fourth-order valence-corrected chi connectivity index (χ4v) is 5.54. The predicted molar refractivity (Wildman–Crippen MR) is 128 cm³/mol. The first-order valence-corrected chi connectivity index (χ1v) is 12.5. The van der Waals surface area contributed by atoms with Crippen LogP contribution in [0.15, 0.2) is 51.8 Å². The van der Waals surface area contributed by atoms with Crippen LogP contribution in [0.3, 0.4) is 0 Å². The van der Waals surface area contributed by atoms with E-state index < -0.39 is 10.0 Å². The molecule has 2 aromatic carbocycles. The summed E-state index contributed by atoms with van der Waals surface area (Å²) >= 11 is 6.36. The molecule has 0 bridgehead atoms. The van der Waals surface area contributed by atoms with E-state index >= 15 is 0 Å². The van der Waals surface area contributed by atoms with Gasteiger partial charge in [0.1, 0.15) is 10.7 Å². The molecule has 2 aliphatic heterocycles. The summed E-state index contributed by atoms with van der Waals surface area (Å²) in [6, 6.07) is 12.7. The average Bonchev–Trinajstić information content (AvgIpc) is 2.75. The molecular formula is C23H27ClN4O3S. The molecule has 1 amide bonds. The zero-order valence-corrected chi connectivity index (χ0v) is 19.8. The van der Waals surface area contributed by atoms with Crippen LogP contribution in [0, 0.1) is 12.8 Å². The second kappa shape index (κ2) is 9.11. The van der Waals surface area contributed by atoms with E-state index in [1.807, 2.05) is 30.9 Å². The SMILES string of the molecule is Cc1ccc(Cl)c(N2CCN(C(=O)CC(C)CC3=NS(=O)(=O)c4ccccc4N3)CC2)c1. The number of hydrogen-bond acceptors (Lipinski definition) is 5. The number of hydrogen-bond donors (Lipinski definition) is 1. The minimum absolute atomic E-state index is 0.0431. The number of sulfonamides is 1. The first kappa shape index (κ1) is 22.6. The van der Waals surface area contributed by atoms with Crippen LogP contribution < -0.4 is 10.2 Å². The third kappa shape index (κ3) is 4.91. The minimum atomic E-state index is -3.71.